The van der Waals surface area contributed by atoms with Gasteiger partial charge in [0.1, 0.15) is 6.10 Å². The lowest BCUT2D eigenvalue weighted by Crippen LogP contribution is -2.45. The van der Waals surface area contributed by atoms with Crippen molar-refractivity contribution in [2.75, 3.05) is 33.0 Å². The zero-order chi connectivity index (χ0) is 17.3. The summed E-state index contributed by atoms with van der Waals surface area (Å²) in [6.07, 6.45) is 3.99. The smallest absolute Gasteiger partial charge is 0.412 e. The van der Waals surface area contributed by atoms with Crippen LogP contribution in [0.15, 0.2) is 0 Å². The molecule has 8 heteroatoms. The van der Waals surface area contributed by atoms with E-state index in [0.29, 0.717) is 19.8 Å². The predicted molar refractivity (Wildman–Crippen MR) is 93.4 cm³/mol. The van der Waals surface area contributed by atoms with E-state index in [9.17, 15) is 0 Å². The van der Waals surface area contributed by atoms with Gasteiger partial charge in [-0.3, -0.25) is 0 Å². The molecule has 0 rings (SSSR count). The molecule has 0 unspecified atom stereocenters. The van der Waals surface area contributed by atoms with Crippen LogP contribution in [0.2, 0.25) is 6.04 Å². The van der Waals surface area contributed by atoms with Crippen LogP contribution in [0.5, 0.6) is 0 Å². The molecule has 0 saturated carbocycles. The van der Waals surface area contributed by atoms with Gasteiger partial charge in [-0.05, 0) is 27.2 Å². The molecule has 0 aromatic heterocycles. The van der Waals surface area contributed by atoms with E-state index >= 15 is 0 Å². The number of aliphatic hydroxyl groups excluding tert-OH is 3. The van der Waals surface area contributed by atoms with Gasteiger partial charge < -0.3 is 34.1 Å². The molecule has 0 spiro atoms. The molecule has 5 N–H and O–H groups in total. The molecule has 23 heavy (non-hydrogen) atoms. The molecule has 0 bridgehead atoms. The molecule has 0 heterocycles. The standard InChI is InChI=1S/C12H28O3Si.C3H8O3.H2O/c1-5-9-10-11-12-16(13-6-2,14-7-3)15-8-4;4-1-3(6)2-5;/h5-12H2,1-4H3;3-6H,1-2H2;1H2. The summed E-state index contributed by atoms with van der Waals surface area (Å²) in [4.78, 5) is 0. The lowest BCUT2D eigenvalue weighted by molar-refractivity contribution is 0.0450. The van der Waals surface area contributed by atoms with Gasteiger partial charge in [-0.2, -0.15) is 0 Å². The minimum Gasteiger partial charge on any atom is -0.412 e. The van der Waals surface area contributed by atoms with Crippen LogP contribution in [0.25, 0.3) is 0 Å². The summed E-state index contributed by atoms with van der Waals surface area (Å²) in [7, 11) is -2.35. The van der Waals surface area contributed by atoms with Crippen molar-refractivity contribution in [2.45, 2.75) is 65.5 Å². The van der Waals surface area contributed by atoms with Crippen molar-refractivity contribution >= 4 is 8.80 Å². The molecule has 0 aromatic rings. The van der Waals surface area contributed by atoms with Crippen LogP contribution >= 0.6 is 0 Å². The van der Waals surface area contributed by atoms with E-state index in [1.165, 1.54) is 19.3 Å². The minimum atomic E-state index is -2.35. The fourth-order valence-electron chi connectivity index (χ4n) is 1.83. The van der Waals surface area contributed by atoms with E-state index in [4.69, 9.17) is 28.6 Å². The highest BCUT2D eigenvalue weighted by Gasteiger charge is 2.39. The molecule has 0 aliphatic rings. The van der Waals surface area contributed by atoms with Crippen LogP contribution in [-0.4, -0.2) is 68.7 Å². The Morgan fingerprint density at radius 3 is 1.48 bits per heavy atom. The zero-order valence-corrected chi connectivity index (χ0v) is 16.2. The maximum Gasteiger partial charge on any atom is 0.500 e. The Kier molecular flexibility index (Phi) is 24.1. The lowest BCUT2D eigenvalue weighted by atomic mass is 10.2. The third kappa shape index (κ3) is 16.6. The molecule has 0 aliphatic heterocycles. The highest BCUT2D eigenvalue weighted by Crippen LogP contribution is 2.20. The maximum absolute atomic E-state index is 8.17. The van der Waals surface area contributed by atoms with Gasteiger partial charge in [-0.15, -0.1) is 0 Å². The average Bonchev–Trinajstić information content (AvgIpc) is 2.52. The first kappa shape index (κ1) is 27.8. The van der Waals surface area contributed by atoms with Gasteiger partial charge >= 0.3 is 8.80 Å². The highest BCUT2D eigenvalue weighted by atomic mass is 28.4. The van der Waals surface area contributed by atoms with Crippen molar-refractivity contribution in [2.24, 2.45) is 0 Å². The summed E-state index contributed by atoms with van der Waals surface area (Å²) in [5, 5.41) is 24.0. The van der Waals surface area contributed by atoms with Gasteiger partial charge in [-0.1, -0.05) is 26.2 Å². The maximum atomic E-state index is 8.17. The molecule has 0 aromatic carbocycles. The number of unbranched alkanes of at least 4 members (excludes halogenated alkanes) is 3. The van der Waals surface area contributed by atoms with Crippen LogP contribution in [0, 0.1) is 0 Å². The molecular weight excluding hydrogens is 320 g/mol. The van der Waals surface area contributed by atoms with Crippen molar-refractivity contribution in [3.63, 3.8) is 0 Å². The Hall–Kier alpha value is -0.0631. The van der Waals surface area contributed by atoms with Gasteiger partial charge in [-0.25, -0.2) is 0 Å². The normalized spacial score (nSPS) is 11.0. The second kappa shape index (κ2) is 20.0. The van der Waals surface area contributed by atoms with Crippen LogP contribution in [-0.2, 0) is 13.3 Å². The van der Waals surface area contributed by atoms with Gasteiger partial charge in [0.15, 0.2) is 0 Å². The van der Waals surface area contributed by atoms with E-state index < -0.39 is 14.9 Å². The summed E-state index contributed by atoms with van der Waals surface area (Å²) in [6.45, 7) is 9.55. The van der Waals surface area contributed by atoms with Gasteiger partial charge in [0, 0.05) is 25.9 Å². The molecule has 0 amide bonds. The Morgan fingerprint density at radius 1 is 0.783 bits per heavy atom. The molecule has 0 radical (unpaired) electrons. The fourth-order valence-corrected chi connectivity index (χ4v) is 4.51. The van der Waals surface area contributed by atoms with E-state index in [2.05, 4.69) is 6.92 Å². The number of hydrogen-bond donors (Lipinski definition) is 3. The lowest BCUT2D eigenvalue weighted by Gasteiger charge is -2.28. The van der Waals surface area contributed by atoms with E-state index in [1.54, 1.807) is 0 Å². The van der Waals surface area contributed by atoms with Crippen LogP contribution in [0.1, 0.15) is 53.4 Å². The first-order chi connectivity index (χ1) is 10.6. The monoisotopic (exact) mass is 358 g/mol. The Balaban J connectivity index is -0.000000487. The van der Waals surface area contributed by atoms with Crippen molar-refractivity contribution < 1.29 is 34.1 Å². The Labute approximate surface area is 142 Å². The van der Waals surface area contributed by atoms with Gasteiger partial charge in [0.25, 0.3) is 0 Å². The first-order valence-electron chi connectivity index (χ1n) is 8.37. The summed E-state index contributed by atoms with van der Waals surface area (Å²) >= 11 is 0. The molecule has 0 saturated heterocycles. The largest absolute Gasteiger partial charge is 0.500 e. The second-order valence-corrected chi connectivity index (χ2v) is 7.54. The van der Waals surface area contributed by atoms with E-state index in [1.807, 2.05) is 20.8 Å². The molecule has 144 valence electrons. The number of rotatable bonds is 13. The minimum absolute atomic E-state index is 0. The topological polar surface area (TPSA) is 120 Å². The van der Waals surface area contributed by atoms with Gasteiger partial charge in [0.2, 0.25) is 0 Å². The number of aliphatic hydroxyl groups is 3. The molecule has 0 atom stereocenters. The van der Waals surface area contributed by atoms with Crippen molar-refractivity contribution in [1.82, 2.24) is 0 Å². The second-order valence-electron chi connectivity index (χ2n) is 4.81. The third-order valence-corrected chi connectivity index (χ3v) is 6.00. The quantitative estimate of drug-likeness (QED) is 0.335. The van der Waals surface area contributed by atoms with Crippen molar-refractivity contribution in [1.29, 1.82) is 0 Å². The van der Waals surface area contributed by atoms with Crippen LogP contribution < -0.4 is 0 Å². The van der Waals surface area contributed by atoms with Crippen molar-refractivity contribution in [3.8, 4) is 0 Å². The first-order valence-corrected chi connectivity index (χ1v) is 10.3. The summed E-state index contributed by atoms with van der Waals surface area (Å²) in [6, 6.07) is 0.961. The van der Waals surface area contributed by atoms with Crippen LogP contribution in [0.3, 0.4) is 0 Å². The molecule has 0 fully saturated rings. The van der Waals surface area contributed by atoms with E-state index in [-0.39, 0.29) is 18.7 Å². The zero-order valence-electron chi connectivity index (χ0n) is 15.2. The van der Waals surface area contributed by atoms with E-state index in [0.717, 1.165) is 12.5 Å². The fraction of sp³-hybridized carbons (Fsp3) is 1.00. The van der Waals surface area contributed by atoms with Crippen LogP contribution in [0.4, 0.5) is 0 Å². The third-order valence-electron chi connectivity index (χ3n) is 2.85. The summed E-state index contributed by atoms with van der Waals surface area (Å²) in [5.41, 5.74) is 0. The highest BCUT2D eigenvalue weighted by molar-refractivity contribution is 6.60. The molecular formula is C15H38O7Si. The number of hydrogen-bond acceptors (Lipinski definition) is 6. The Morgan fingerprint density at radius 2 is 1.22 bits per heavy atom. The summed E-state index contributed by atoms with van der Waals surface area (Å²) in [5.74, 6) is 0. The Bertz CT molecular complexity index is 199. The SMILES string of the molecule is CCCCCC[Si](OCC)(OCC)OCC.O.OCC(O)CO. The predicted octanol–water partition coefficient (Wildman–Crippen LogP) is 1.12. The summed E-state index contributed by atoms with van der Waals surface area (Å²) < 4.78 is 17.4. The average molecular weight is 359 g/mol. The van der Waals surface area contributed by atoms with Crippen molar-refractivity contribution in [3.05, 3.63) is 0 Å². The van der Waals surface area contributed by atoms with Gasteiger partial charge in [0.05, 0.1) is 13.2 Å². The molecule has 0 aliphatic carbocycles. The molecule has 7 nitrogen and oxygen atoms in total.